The molecule has 0 amide bonds. The Morgan fingerprint density at radius 2 is 1.80 bits per heavy atom. The predicted octanol–water partition coefficient (Wildman–Crippen LogP) is 1.99. The van der Waals surface area contributed by atoms with E-state index in [9.17, 15) is 9.59 Å². The summed E-state index contributed by atoms with van der Waals surface area (Å²) in [4.78, 5) is 27.4. The monoisotopic (exact) mass is 333 g/mol. The van der Waals surface area contributed by atoms with Gasteiger partial charge in [0.05, 0.1) is 16.6 Å². The molecule has 0 saturated heterocycles. The Morgan fingerprint density at radius 1 is 1.10 bits per heavy atom. The number of H-pyrrole nitrogens is 1. The first-order valence-corrected chi connectivity index (χ1v) is 6.83. The number of hydrogen-bond donors (Lipinski definition) is 1. The Bertz CT molecular complexity index is 934. The van der Waals surface area contributed by atoms with Crippen LogP contribution in [0.4, 0.5) is 0 Å². The van der Waals surface area contributed by atoms with E-state index in [4.69, 9.17) is 0 Å². The fourth-order valence-electron chi connectivity index (χ4n) is 2.35. The number of nitrogens with one attached hydrogen (secondary N) is 1. The standard InChI is InChI=1S/C14H12BrN3O2/c1-17-10-7-16-12(8-5-3-4-6-9(8)15)11(10)13(19)18(2)14(17)20/h3-7,16H,1-2H3. The van der Waals surface area contributed by atoms with Crippen LogP contribution < -0.4 is 11.2 Å². The summed E-state index contributed by atoms with van der Waals surface area (Å²) in [5.74, 6) is 0. The molecule has 0 aliphatic rings. The van der Waals surface area contributed by atoms with Crippen molar-refractivity contribution >= 4 is 26.8 Å². The fourth-order valence-corrected chi connectivity index (χ4v) is 2.84. The molecule has 0 aliphatic heterocycles. The molecule has 5 nitrogen and oxygen atoms in total. The Labute approximate surface area is 122 Å². The number of fused-ring (bicyclic) bond motifs is 1. The molecule has 0 saturated carbocycles. The summed E-state index contributed by atoms with van der Waals surface area (Å²) in [7, 11) is 3.14. The minimum atomic E-state index is -0.333. The highest BCUT2D eigenvalue weighted by molar-refractivity contribution is 9.10. The van der Waals surface area contributed by atoms with Crippen molar-refractivity contribution in [2.45, 2.75) is 0 Å². The summed E-state index contributed by atoms with van der Waals surface area (Å²) >= 11 is 3.48. The second-order valence-corrected chi connectivity index (χ2v) is 5.46. The molecule has 0 fully saturated rings. The average Bonchev–Trinajstić information content (AvgIpc) is 2.88. The van der Waals surface area contributed by atoms with Crippen molar-refractivity contribution < 1.29 is 0 Å². The van der Waals surface area contributed by atoms with Gasteiger partial charge >= 0.3 is 5.69 Å². The van der Waals surface area contributed by atoms with Crippen LogP contribution in [0.25, 0.3) is 22.2 Å². The summed E-state index contributed by atoms with van der Waals surface area (Å²) in [6.45, 7) is 0. The van der Waals surface area contributed by atoms with E-state index in [1.54, 1.807) is 13.2 Å². The number of benzene rings is 1. The normalized spacial score (nSPS) is 11.2. The first kappa shape index (κ1) is 12.9. The van der Waals surface area contributed by atoms with Crippen LogP contribution in [0, 0.1) is 0 Å². The van der Waals surface area contributed by atoms with Gasteiger partial charge in [0.15, 0.2) is 0 Å². The first-order valence-electron chi connectivity index (χ1n) is 6.04. The number of rotatable bonds is 1. The Hall–Kier alpha value is -2.08. The van der Waals surface area contributed by atoms with E-state index in [1.807, 2.05) is 24.3 Å². The average molecular weight is 334 g/mol. The molecular weight excluding hydrogens is 322 g/mol. The molecule has 102 valence electrons. The van der Waals surface area contributed by atoms with Gasteiger partial charge in [-0.3, -0.25) is 13.9 Å². The SMILES string of the molecule is Cn1c(=O)c2c(-c3ccccc3Br)[nH]cc2n(C)c1=O. The molecule has 0 bridgehead atoms. The van der Waals surface area contributed by atoms with Gasteiger partial charge in [0.2, 0.25) is 0 Å². The second-order valence-electron chi connectivity index (χ2n) is 4.61. The Kier molecular flexibility index (Phi) is 2.90. The lowest BCUT2D eigenvalue weighted by Gasteiger charge is -2.06. The van der Waals surface area contributed by atoms with Gasteiger partial charge in [-0.15, -0.1) is 0 Å². The van der Waals surface area contributed by atoms with Crippen molar-refractivity contribution in [1.29, 1.82) is 0 Å². The van der Waals surface area contributed by atoms with Crippen LogP contribution in [-0.2, 0) is 14.1 Å². The Balaban J connectivity index is 2.50. The summed E-state index contributed by atoms with van der Waals surface area (Å²) in [6, 6.07) is 7.64. The summed E-state index contributed by atoms with van der Waals surface area (Å²) in [5, 5.41) is 0.515. The van der Waals surface area contributed by atoms with Crippen molar-refractivity contribution in [1.82, 2.24) is 14.1 Å². The lowest BCUT2D eigenvalue weighted by atomic mass is 10.1. The largest absolute Gasteiger partial charge is 0.359 e. The lowest BCUT2D eigenvalue weighted by molar-refractivity contribution is 0.714. The lowest BCUT2D eigenvalue weighted by Crippen LogP contribution is -2.36. The minimum absolute atomic E-state index is 0.296. The number of aromatic nitrogens is 3. The summed E-state index contributed by atoms with van der Waals surface area (Å²) in [5.41, 5.74) is 1.57. The molecule has 2 aromatic heterocycles. The number of aryl methyl sites for hydroxylation is 1. The van der Waals surface area contributed by atoms with Crippen LogP contribution in [-0.4, -0.2) is 14.1 Å². The van der Waals surface area contributed by atoms with Gasteiger partial charge in [0.25, 0.3) is 5.56 Å². The molecule has 1 aromatic carbocycles. The highest BCUT2D eigenvalue weighted by Crippen LogP contribution is 2.30. The molecule has 0 radical (unpaired) electrons. The quantitative estimate of drug-likeness (QED) is 0.740. The van der Waals surface area contributed by atoms with E-state index in [2.05, 4.69) is 20.9 Å². The molecule has 6 heteroatoms. The van der Waals surface area contributed by atoms with E-state index >= 15 is 0 Å². The summed E-state index contributed by atoms with van der Waals surface area (Å²) < 4.78 is 3.48. The van der Waals surface area contributed by atoms with Crippen LogP contribution in [0.2, 0.25) is 0 Å². The maximum Gasteiger partial charge on any atom is 0.330 e. The number of aromatic amines is 1. The number of hydrogen-bond acceptors (Lipinski definition) is 2. The zero-order valence-corrected chi connectivity index (χ0v) is 12.6. The van der Waals surface area contributed by atoms with Crippen LogP contribution in [0.1, 0.15) is 0 Å². The van der Waals surface area contributed by atoms with Crippen molar-refractivity contribution in [2.24, 2.45) is 14.1 Å². The van der Waals surface area contributed by atoms with Gasteiger partial charge < -0.3 is 4.98 Å². The van der Waals surface area contributed by atoms with E-state index in [1.165, 1.54) is 11.6 Å². The minimum Gasteiger partial charge on any atom is -0.359 e. The summed E-state index contributed by atoms with van der Waals surface area (Å²) in [6.07, 6.45) is 1.69. The highest BCUT2D eigenvalue weighted by Gasteiger charge is 2.16. The Morgan fingerprint density at radius 3 is 2.50 bits per heavy atom. The molecule has 0 aliphatic carbocycles. The molecule has 0 unspecified atom stereocenters. The van der Waals surface area contributed by atoms with Gasteiger partial charge in [-0.2, -0.15) is 0 Å². The fraction of sp³-hybridized carbons (Fsp3) is 0.143. The van der Waals surface area contributed by atoms with Gasteiger partial charge in [-0.25, -0.2) is 4.79 Å². The molecular formula is C14H12BrN3O2. The molecule has 3 aromatic rings. The molecule has 1 N–H and O–H groups in total. The molecule has 20 heavy (non-hydrogen) atoms. The maximum atomic E-state index is 12.4. The van der Waals surface area contributed by atoms with Crippen molar-refractivity contribution in [3.8, 4) is 11.3 Å². The van der Waals surface area contributed by atoms with Crippen LogP contribution in [0.5, 0.6) is 0 Å². The van der Waals surface area contributed by atoms with Crippen LogP contribution in [0.3, 0.4) is 0 Å². The topological polar surface area (TPSA) is 59.8 Å². The maximum absolute atomic E-state index is 12.4. The zero-order valence-electron chi connectivity index (χ0n) is 11.0. The number of nitrogens with zero attached hydrogens (tertiary/aromatic N) is 2. The number of halogens is 1. The third-order valence-corrected chi connectivity index (χ3v) is 4.15. The van der Waals surface area contributed by atoms with Crippen molar-refractivity contribution in [3.05, 3.63) is 55.8 Å². The van der Waals surface area contributed by atoms with Gasteiger partial charge in [-0.1, -0.05) is 34.1 Å². The molecule has 3 rings (SSSR count). The first-order chi connectivity index (χ1) is 9.52. The van der Waals surface area contributed by atoms with Gasteiger partial charge in [0, 0.05) is 30.3 Å². The van der Waals surface area contributed by atoms with E-state index in [0.29, 0.717) is 16.6 Å². The van der Waals surface area contributed by atoms with Crippen molar-refractivity contribution in [2.75, 3.05) is 0 Å². The highest BCUT2D eigenvalue weighted by atomic mass is 79.9. The smallest absolute Gasteiger partial charge is 0.330 e. The molecule has 0 spiro atoms. The second kappa shape index (κ2) is 4.49. The van der Waals surface area contributed by atoms with E-state index in [0.717, 1.165) is 14.6 Å². The van der Waals surface area contributed by atoms with Crippen molar-refractivity contribution in [3.63, 3.8) is 0 Å². The van der Waals surface area contributed by atoms with Crippen LogP contribution >= 0.6 is 15.9 Å². The van der Waals surface area contributed by atoms with E-state index < -0.39 is 0 Å². The van der Waals surface area contributed by atoms with Crippen LogP contribution in [0.15, 0.2) is 44.5 Å². The van der Waals surface area contributed by atoms with E-state index in [-0.39, 0.29) is 11.2 Å². The predicted molar refractivity (Wildman–Crippen MR) is 81.9 cm³/mol. The van der Waals surface area contributed by atoms with Gasteiger partial charge in [-0.05, 0) is 6.07 Å². The third-order valence-electron chi connectivity index (χ3n) is 3.46. The zero-order chi connectivity index (χ0) is 14.4. The third kappa shape index (κ3) is 1.68. The molecule has 2 heterocycles. The van der Waals surface area contributed by atoms with Gasteiger partial charge in [0.1, 0.15) is 0 Å². The molecule has 0 atom stereocenters.